The van der Waals surface area contributed by atoms with Gasteiger partial charge in [-0.1, -0.05) is 0 Å². The van der Waals surface area contributed by atoms with Crippen LogP contribution in [0.4, 0.5) is 5.82 Å². The number of aliphatic carboxylic acids is 1. The van der Waals surface area contributed by atoms with E-state index in [0.717, 1.165) is 4.47 Å². The summed E-state index contributed by atoms with van der Waals surface area (Å²) in [6, 6.07) is 3.40. The summed E-state index contributed by atoms with van der Waals surface area (Å²) >= 11 is 3.24. The first-order valence-corrected chi connectivity index (χ1v) is 6.65. The first kappa shape index (κ1) is 16.5. The average Bonchev–Trinajstić information content (AvgIpc) is 2.38. The molecule has 0 spiro atoms. The number of methoxy groups -OCH3 is 1. The minimum Gasteiger partial charge on any atom is -0.480 e. The van der Waals surface area contributed by atoms with Gasteiger partial charge in [0.15, 0.2) is 0 Å². The highest BCUT2D eigenvalue weighted by Gasteiger charge is 2.14. The van der Waals surface area contributed by atoms with Gasteiger partial charge in [-0.2, -0.15) is 0 Å². The summed E-state index contributed by atoms with van der Waals surface area (Å²) in [6.45, 7) is 0.471. The van der Waals surface area contributed by atoms with Crippen molar-refractivity contribution in [2.45, 2.75) is 0 Å². The summed E-state index contributed by atoms with van der Waals surface area (Å²) in [6.07, 6.45) is 1.57. The van der Waals surface area contributed by atoms with Gasteiger partial charge >= 0.3 is 5.97 Å². The maximum atomic E-state index is 11.8. The molecule has 8 heteroatoms. The van der Waals surface area contributed by atoms with Gasteiger partial charge < -0.3 is 15.2 Å². The fourth-order valence-corrected chi connectivity index (χ4v) is 1.70. The predicted octanol–water partition coefficient (Wildman–Crippen LogP) is 0.816. The third-order valence-electron chi connectivity index (χ3n) is 2.33. The van der Waals surface area contributed by atoms with Crippen LogP contribution in [0.5, 0.6) is 0 Å². The molecular formula is C12H16BrN3O4. The minimum atomic E-state index is -0.990. The first-order valence-electron chi connectivity index (χ1n) is 5.85. The number of carboxylic acids is 1. The van der Waals surface area contributed by atoms with E-state index in [9.17, 15) is 9.59 Å². The normalized spacial score (nSPS) is 10.6. The lowest BCUT2D eigenvalue weighted by Crippen LogP contribution is -2.38. The standard InChI is InChI=1S/C12H16BrN3O4/c1-20-5-4-16(8-12(18)19)7-11(17)15-10-3-2-9(13)6-14-10/h2-3,6H,4-5,7-8H2,1H3,(H,18,19)(H,14,15,17). The molecule has 0 saturated heterocycles. The minimum absolute atomic E-state index is 0.0343. The lowest BCUT2D eigenvalue weighted by atomic mass is 10.4. The molecule has 1 heterocycles. The van der Waals surface area contributed by atoms with E-state index in [0.29, 0.717) is 19.0 Å². The number of ether oxygens (including phenoxy) is 1. The van der Waals surface area contributed by atoms with Crippen molar-refractivity contribution in [3.8, 4) is 0 Å². The molecule has 0 aromatic carbocycles. The molecule has 110 valence electrons. The fraction of sp³-hybridized carbons (Fsp3) is 0.417. The van der Waals surface area contributed by atoms with E-state index in [2.05, 4.69) is 26.2 Å². The van der Waals surface area contributed by atoms with Crippen molar-refractivity contribution in [3.63, 3.8) is 0 Å². The third kappa shape index (κ3) is 6.60. The van der Waals surface area contributed by atoms with Crippen molar-refractivity contribution in [1.82, 2.24) is 9.88 Å². The molecule has 2 N–H and O–H groups in total. The number of pyridine rings is 1. The highest BCUT2D eigenvalue weighted by Crippen LogP contribution is 2.10. The Hall–Kier alpha value is -1.51. The topological polar surface area (TPSA) is 91.8 Å². The number of hydrogen-bond acceptors (Lipinski definition) is 5. The first-order chi connectivity index (χ1) is 9.51. The zero-order valence-electron chi connectivity index (χ0n) is 11.0. The summed E-state index contributed by atoms with van der Waals surface area (Å²) < 4.78 is 5.69. The predicted molar refractivity (Wildman–Crippen MR) is 76.5 cm³/mol. The van der Waals surface area contributed by atoms with Crippen LogP contribution >= 0.6 is 15.9 Å². The Bertz CT molecular complexity index is 453. The van der Waals surface area contributed by atoms with Gasteiger partial charge in [0.2, 0.25) is 5.91 Å². The van der Waals surface area contributed by atoms with Crippen LogP contribution in [-0.4, -0.2) is 60.2 Å². The lowest BCUT2D eigenvalue weighted by Gasteiger charge is -2.18. The van der Waals surface area contributed by atoms with E-state index in [4.69, 9.17) is 9.84 Å². The summed E-state index contributed by atoms with van der Waals surface area (Å²) in [5.41, 5.74) is 0. The monoisotopic (exact) mass is 345 g/mol. The zero-order valence-corrected chi connectivity index (χ0v) is 12.6. The van der Waals surface area contributed by atoms with Crippen molar-refractivity contribution >= 4 is 33.6 Å². The largest absolute Gasteiger partial charge is 0.480 e. The number of nitrogens with one attached hydrogen (secondary N) is 1. The number of rotatable bonds is 8. The fourth-order valence-electron chi connectivity index (χ4n) is 1.46. The Labute approximate surface area is 125 Å². The molecule has 7 nitrogen and oxygen atoms in total. The van der Waals surface area contributed by atoms with Gasteiger partial charge in [0.25, 0.3) is 0 Å². The SMILES string of the molecule is COCCN(CC(=O)O)CC(=O)Nc1ccc(Br)cn1. The average molecular weight is 346 g/mol. The Kier molecular flexibility index (Phi) is 7.13. The van der Waals surface area contributed by atoms with E-state index >= 15 is 0 Å². The molecule has 1 aromatic heterocycles. The van der Waals surface area contributed by atoms with Crippen LogP contribution in [0.3, 0.4) is 0 Å². The number of amides is 1. The van der Waals surface area contributed by atoms with E-state index in [-0.39, 0.29) is 19.0 Å². The van der Waals surface area contributed by atoms with Crippen LogP contribution in [0.1, 0.15) is 0 Å². The molecule has 0 aliphatic heterocycles. The molecule has 0 aliphatic rings. The number of halogens is 1. The number of nitrogens with zero attached hydrogens (tertiary/aromatic N) is 2. The van der Waals surface area contributed by atoms with Gasteiger partial charge in [0.1, 0.15) is 5.82 Å². The van der Waals surface area contributed by atoms with Crippen molar-refractivity contribution in [2.75, 3.05) is 38.7 Å². The van der Waals surface area contributed by atoms with E-state index in [1.165, 1.54) is 12.0 Å². The summed E-state index contributed by atoms with van der Waals surface area (Å²) in [4.78, 5) is 28.0. The quantitative estimate of drug-likeness (QED) is 0.724. The van der Waals surface area contributed by atoms with Crippen LogP contribution in [0.2, 0.25) is 0 Å². The van der Waals surface area contributed by atoms with Crippen molar-refractivity contribution in [2.24, 2.45) is 0 Å². The van der Waals surface area contributed by atoms with Crippen LogP contribution in [0, 0.1) is 0 Å². The van der Waals surface area contributed by atoms with Gasteiger partial charge in [0, 0.05) is 24.3 Å². The molecule has 1 aromatic rings. The smallest absolute Gasteiger partial charge is 0.317 e. The van der Waals surface area contributed by atoms with Gasteiger partial charge in [-0.25, -0.2) is 4.98 Å². The number of carbonyl (C=O) groups excluding carboxylic acids is 1. The highest BCUT2D eigenvalue weighted by atomic mass is 79.9. The Morgan fingerprint density at radius 3 is 2.75 bits per heavy atom. The second-order valence-electron chi connectivity index (χ2n) is 4.01. The van der Waals surface area contributed by atoms with Gasteiger partial charge in [0.05, 0.1) is 19.7 Å². The van der Waals surface area contributed by atoms with E-state index in [1.54, 1.807) is 18.3 Å². The Morgan fingerprint density at radius 1 is 1.45 bits per heavy atom. The molecule has 0 unspecified atom stereocenters. The maximum absolute atomic E-state index is 11.8. The zero-order chi connectivity index (χ0) is 15.0. The van der Waals surface area contributed by atoms with Gasteiger partial charge in [-0.15, -0.1) is 0 Å². The molecule has 0 atom stereocenters. The lowest BCUT2D eigenvalue weighted by molar-refractivity contribution is -0.138. The van der Waals surface area contributed by atoms with Crippen molar-refractivity contribution in [1.29, 1.82) is 0 Å². The molecule has 1 amide bonds. The summed E-state index contributed by atoms with van der Waals surface area (Å²) in [5.74, 6) is -0.895. The molecule has 0 radical (unpaired) electrons. The number of anilines is 1. The third-order valence-corrected chi connectivity index (χ3v) is 2.80. The second-order valence-corrected chi connectivity index (χ2v) is 4.92. The maximum Gasteiger partial charge on any atom is 0.317 e. The van der Waals surface area contributed by atoms with Crippen LogP contribution < -0.4 is 5.32 Å². The van der Waals surface area contributed by atoms with Gasteiger partial charge in [-0.3, -0.25) is 14.5 Å². The number of aromatic nitrogens is 1. The van der Waals surface area contributed by atoms with Crippen LogP contribution in [-0.2, 0) is 14.3 Å². The second kappa shape index (κ2) is 8.62. The van der Waals surface area contributed by atoms with Crippen LogP contribution in [0.15, 0.2) is 22.8 Å². The van der Waals surface area contributed by atoms with Crippen LogP contribution in [0.25, 0.3) is 0 Å². The Morgan fingerprint density at radius 2 is 2.20 bits per heavy atom. The molecule has 1 rings (SSSR count). The molecule has 0 fully saturated rings. The van der Waals surface area contributed by atoms with Gasteiger partial charge in [-0.05, 0) is 28.1 Å². The Balaban J connectivity index is 2.51. The summed E-state index contributed by atoms with van der Waals surface area (Å²) in [7, 11) is 1.52. The molecule has 0 bridgehead atoms. The highest BCUT2D eigenvalue weighted by molar-refractivity contribution is 9.10. The summed E-state index contributed by atoms with van der Waals surface area (Å²) in [5, 5.41) is 11.4. The van der Waals surface area contributed by atoms with E-state index in [1.807, 2.05) is 0 Å². The van der Waals surface area contributed by atoms with Crippen molar-refractivity contribution in [3.05, 3.63) is 22.8 Å². The number of hydrogen-bond donors (Lipinski definition) is 2. The molecule has 0 aliphatic carbocycles. The molecular weight excluding hydrogens is 330 g/mol. The molecule has 20 heavy (non-hydrogen) atoms. The number of carboxylic acid groups (broad SMARTS) is 1. The molecule has 0 saturated carbocycles. The number of carbonyl (C=O) groups is 2. The van der Waals surface area contributed by atoms with E-state index < -0.39 is 5.97 Å². The van der Waals surface area contributed by atoms with Crippen molar-refractivity contribution < 1.29 is 19.4 Å².